The SMILES string of the molecule is Cc1ccccc1NS(=O)(=O)c1cc(C(=O)Nc2cccc(C(F)(F)F)c2)ccc1C. The molecular formula is C22H19F3N2O3S. The lowest BCUT2D eigenvalue weighted by Crippen LogP contribution is -2.17. The molecule has 0 aliphatic heterocycles. The molecule has 3 rings (SSSR count). The number of anilines is 2. The summed E-state index contributed by atoms with van der Waals surface area (Å²) >= 11 is 0. The Morgan fingerprint density at radius 3 is 2.26 bits per heavy atom. The fourth-order valence-electron chi connectivity index (χ4n) is 2.89. The van der Waals surface area contributed by atoms with Crippen molar-refractivity contribution in [1.82, 2.24) is 0 Å². The monoisotopic (exact) mass is 448 g/mol. The lowest BCUT2D eigenvalue weighted by Gasteiger charge is -2.14. The maximum Gasteiger partial charge on any atom is 0.416 e. The van der Waals surface area contributed by atoms with Gasteiger partial charge in [0.2, 0.25) is 0 Å². The summed E-state index contributed by atoms with van der Waals surface area (Å²) < 4.78 is 66.9. The van der Waals surface area contributed by atoms with Gasteiger partial charge in [-0.25, -0.2) is 8.42 Å². The second-order valence-corrected chi connectivity index (χ2v) is 8.58. The summed E-state index contributed by atoms with van der Waals surface area (Å²) in [6, 6.07) is 15.1. The number of carbonyl (C=O) groups is 1. The van der Waals surface area contributed by atoms with Gasteiger partial charge in [-0.2, -0.15) is 13.2 Å². The first kappa shape index (κ1) is 22.4. The van der Waals surface area contributed by atoms with Gasteiger partial charge >= 0.3 is 6.18 Å². The smallest absolute Gasteiger partial charge is 0.322 e. The number of halogens is 3. The van der Waals surface area contributed by atoms with Crippen LogP contribution in [0.2, 0.25) is 0 Å². The highest BCUT2D eigenvalue weighted by molar-refractivity contribution is 7.92. The number of benzene rings is 3. The summed E-state index contributed by atoms with van der Waals surface area (Å²) in [6.45, 7) is 3.34. The molecule has 0 fully saturated rings. The van der Waals surface area contributed by atoms with Crippen molar-refractivity contribution in [3.63, 3.8) is 0 Å². The molecule has 0 saturated carbocycles. The van der Waals surface area contributed by atoms with Crippen LogP contribution in [0.1, 0.15) is 27.0 Å². The van der Waals surface area contributed by atoms with E-state index >= 15 is 0 Å². The fourth-order valence-corrected chi connectivity index (χ4v) is 4.30. The Kier molecular flexibility index (Phi) is 6.08. The highest BCUT2D eigenvalue weighted by Crippen LogP contribution is 2.31. The zero-order valence-corrected chi connectivity index (χ0v) is 17.4. The molecule has 162 valence electrons. The van der Waals surface area contributed by atoms with Crippen LogP contribution in [0.4, 0.5) is 24.5 Å². The van der Waals surface area contributed by atoms with E-state index in [1.54, 1.807) is 38.1 Å². The van der Waals surface area contributed by atoms with E-state index in [9.17, 15) is 26.4 Å². The average molecular weight is 448 g/mol. The predicted octanol–water partition coefficient (Wildman–Crippen LogP) is 5.38. The highest BCUT2D eigenvalue weighted by Gasteiger charge is 2.30. The minimum atomic E-state index is -4.55. The van der Waals surface area contributed by atoms with Crippen molar-refractivity contribution >= 4 is 27.3 Å². The van der Waals surface area contributed by atoms with Crippen molar-refractivity contribution in [2.45, 2.75) is 24.9 Å². The van der Waals surface area contributed by atoms with Crippen LogP contribution in [0.25, 0.3) is 0 Å². The van der Waals surface area contributed by atoms with E-state index in [1.165, 1.54) is 30.3 Å². The van der Waals surface area contributed by atoms with Gasteiger partial charge in [0.05, 0.1) is 16.1 Å². The molecule has 5 nitrogen and oxygen atoms in total. The number of para-hydroxylation sites is 1. The number of rotatable bonds is 5. The Bertz CT molecular complexity index is 1240. The van der Waals surface area contributed by atoms with E-state index in [-0.39, 0.29) is 16.1 Å². The van der Waals surface area contributed by atoms with Gasteiger partial charge in [-0.3, -0.25) is 9.52 Å². The maximum absolute atomic E-state index is 12.9. The second kappa shape index (κ2) is 8.43. The molecule has 0 radical (unpaired) electrons. The first-order valence-electron chi connectivity index (χ1n) is 9.15. The summed E-state index contributed by atoms with van der Waals surface area (Å²) in [5, 5.41) is 2.37. The normalized spacial score (nSPS) is 11.8. The lowest BCUT2D eigenvalue weighted by molar-refractivity contribution is -0.137. The van der Waals surface area contributed by atoms with Gasteiger partial charge < -0.3 is 5.32 Å². The fraction of sp³-hybridized carbons (Fsp3) is 0.136. The van der Waals surface area contributed by atoms with E-state index in [4.69, 9.17) is 0 Å². The van der Waals surface area contributed by atoms with Crippen LogP contribution in [0.15, 0.2) is 71.6 Å². The van der Waals surface area contributed by atoms with E-state index in [2.05, 4.69) is 10.0 Å². The van der Waals surface area contributed by atoms with Crippen molar-refractivity contribution < 1.29 is 26.4 Å². The summed E-state index contributed by atoms with van der Waals surface area (Å²) in [5.41, 5.74) is 0.579. The van der Waals surface area contributed by atoms with E-state index in [0.29, 0.717) is 11.3 Å². The van der Waals surface area contributed by atoms with E-state index in [0.717, 1.165) is 17.7 Å². The van der Waals surface area contributed by atoms with Crippen molar-refractivity contribution in [3.05, 3.63) is 89.0 Å². The third-order valence-corrected chi connectivity index (χ3v) is 6.08. The van der Waals surface area contributed by atoms with Crippen molar-refractivity contribution in [1.29, 1.82) is 0 Å². The number of hydrogen-bond acceptors (Lipinski definition) is 3. The number of nitrogens with one attached hydrogen (secondary N) is 2. The average Bonchev–Trinajstić information content (AvgIpc) is 2.69. The molecule has 0 spiro atoms. The van der Waals surface area contributed by atoms with Gasteiger partial charge in [-0.05, 0) is 61.4 Å². The first-order chi connectivity index (χ1) is 14.5. The van der Waals surface area contributed by atoms with Crippen LogP contribution in [0, 0.1) is 13.8 Å². The molecule has 0 aliphatic carbocycles. The van der Waals surface area contributed by atoms with Gasteiger partial charge in [0.1, 0.15) is 0 Å². The number of hydrogen-bond donors (Lipinski definition) is 2. The topological polar surface area (TPSA) is 75.3 Å². The third-order valence-electron chi connectivity index (χ3n) is 4.58. The molecule has 3 aromatic carbocycles. The van der Waals surface area contributed by atoms with Crippen molar-refractivity contribution in [2.75, 3.05) is 10.0 Å². The molecule has 0 aromatic heterocycles. The molecule has 0 atom stereocenters. The summed E-state index contributed by atoms with van der Waals surface area (Å²) in [5.74, 6) is -0.730. The molecule has 3 aromatic rings. The minimum absolute atomic E-state index is 0.00632. The zero-order valence-electron chi connectivity index (χ0n) is 16.6. The molecule has 9 heteroatoms. The van der Waals surface area contributed by atoms with Gasteiger partial charge in [0.15, 0.2) is 0 Å². The van der Waals surface area contributed by atoms with Crippen LogP contribution in [0.5, 0.6) is 0 Å². The molecule has 1 amide bonds. The second-order valence-electron chi connectivity index (χ2n) is 6.93. The molecule has 0 aliphatic rings. The highest BCUT2D eigenvalue weighted by atomic mass is 32.2. The van der Waals surface area contributed by atoms with Gasteiger partial charge in [-0.15, -0.1) is 0 Å². The van der Waals surface area contributed by atoms with E-state index < -0.39 is 27.7 Å². The number of carbonyl (C=O) groups excluding carboxylic acids is 1. The first-order valence-corrected chi connectivity index (χ1v) is 10.6. The number of sulfonamides is 1. The Hall–Kier alpha value is -3.33. The van der Waals surface area contributed by atoms with Gasteiger partial charge in [0, 0.05) is 11.3 Å². The van der Waals surface area contributed by atoms with Crippen LogP contribution >= 0.6 is 0 Å². The lowest BCUT2D eigenvalue weighted by atomic mass is 10.1. The number of amides is 1. The van der Waals surface area contributed by atoms with Gasteiger partial charge in [-0.1, -0.05) is 30.3 Å². The van der Waals surface area contributed by atoms with Crippen LogP contribution in [-0.4, -0.2) is 14.3 Å². The molecule has 2 N–H and O–H groups in total. The number of aryl methyl sites for hydroxylation is 2. The molecule has 0 bridgehead atoms. The Labute approximate surface area is 178 Å². The molecular weight excluding hydrogens is 429 g/mol. The van der Waals surface area contributed by atoms with Crippen molar-refractivity contribution in [2.24, 2.45) is 0 Å². The summed E-state index contributed by atoms with van der Waals surface area (Å²) in [4.78, 5) is 12.5. The molecule has 0 unspecified atom stereocenters. The predicted molar refractivity (Wildman–Crippen MR) is 113 cm³/mol. The molecule has 31 heavy (non-hydrogen) atoms. The number of alkyl halides is 3. The van der Waals surface area contributed by atoms with Crippen molar-refractivity contribution in [3.8, 4) is 0 Å². The minimum Gasteiger partial charge on any atom is -0.322 e. The standard InChI is InChI=1S/C22H19F3N2O3S/c1-14-6-3-4-9-19(14)27-31(29,30)20-12-16(11-10-15(20)2)21(28)26-18-8-5-7-17(13-18)22(23,24)25/h3-13,27H,1-2H3,(H,26,28). The van der Waals surface area contributed by atoms with Crippen LogP contribution in [-0.2, 0) is 16.2 Å². The Balaban J connectivity index is 1.88. The third kappa shape index (κ3) is 5.24. The summed E-state index contributed by atoms with van der Waals surface area (Å²) in [7, 11) is -4.00. The molecule has 0 heterocycles. The Morgan fingerprint density at radius 2 is 1.58 bits per heavy atom. The largest absolute Gasteiger partial charge is 0.416 e. The summed E-state index contributed by atoms with van der Waals surface area (Å²) in [6.07, 6.45) is -4.55. The Morgan fingerprint density at radius 1 is 0.871 bits per heavy atom. The molecule has 0 saturated heterocycles. The van der Waals surface area contributed by atoms with Gasteiger partial charge in [0.25, 0.3) is 15.9 Å². The zero-order chi connectivity index (χ0) is 22.8. The quantitative estimate of drug-likeness (QED) is 0.551. The van der Waals surface area contributed by atoms with E-state index in [1.807, 2.05) is 0 Å². The van der Waals surface area contributed by atoms with Crippen LogP contribution < -0.4 is 10.0 Å². The van der Waals surface area contributed by atoms with Crippen LogP contribution in [0.3, 0.4) is 0 Å². The maximum atomic E-state index is 12.9.